The molecule has 45 heavy (non-hydrogen) atoms. The monoisotopic (exact) mass is 651 g/mol. The first kappa shape index (κ1) is 32.0. The molecule has 11 heteroatoms. The van der Waals surface area contributed by atoms with Crippen molar-refractivity contribution in [1.82, 2.24) is 15.0 Å². The molecule has 240 valence electrons. The fraction of sp³-hybridized carbons (Fsp3) is 0.500. The van der Waals surface area contributed by atoms with E-state index in [2.05, 4.69) is 22.1 Å². The lowest BCUT2D eigenvalue weighted by atomic mass is 9.90. The lowest BCUT2D eigenvalue weighted by Gasteiger charge is -2.38. The molecule has 0 radical (unpaired) electrons. The predicted molar refractivity (Wildman–Crippen MR) is 173 cm³/mol. The van der Waals surface area contributed by atoms with E-state index in [1.807, 2.05) is 59.3 Å². The number of thiophene rings is 2. The van der Waals surface area contributed by atoms with Crippen molar-refractivity contribution in [3.05, 3.63) is 80.5 Å². The normalized spacial score (nSPS) is 20.9. The van der Waals surface area contributed by atoms with Crippen molar-refractivity contribution in [1.29, 1.82) is 0 Å². The molecule has 2 aliphatic rings. The van der Waals surface area contributed by atoms with E-state index in [-0.39, 0.29) is 12.4 Å². The van der Waals surface area contributed by atoms with Gasteiger partial charge in [-0.25, -0.2) is 4.79 Å². The van der Waals surface area contributed by atoms with Crippen LogP contribution in [0.15, 0.2) is 63.8 Å². The topological polar surface area (TPSA) is 107 Å². The molecule has 9 nitrogen and oxygen atoms in total. The molecule has 0 bridgehead atoms. The van der Waals surface area contributed by atoms with Crippen LogP contribution in [-0.2, 0) is 37.6 Å². The van der Waals surface area contributed by atoms with Gasteiger partial charge in [0, 0.05) is 24.6 Å². The summed E-state index contributed by atoms with van der Waals surface area (Å²) >= 11 is 2.86. The van der Waals surface area contributed by atoms with Gasteiger partial charge >= 0.3 is 5.97 Å². The molecule has 0 spiro atoms. The first-order chi connectivity index (χ1) is 22.0. The molecule has 0 amide bonds. The van der Waals surface area contributed by atoms with Crippen molar-refractivity contribution in [3.63, 3.8) is 0 Å². The summed E-state index contributed by atoms with van der Waals surface area (Å²) in [5.41, 5.74) is 0.560. The first-order valence-corrected chi connectivity index (χ1v) is 17.6. The highest BCUT2D eigenvalue weighted by Gasteiger charge is 2.48. The number of benzene rings is 1. The van der Waals surface area contributed by atoms with Crippen LogP contribution in [0.2, 0.25) is 0 Å². The number of ether oxygens (including phenoxy) is 3. The summed E-state index contributed by atoms with van der Waals surface area (Å²) in [5.74, 6) is 0.287. The average molecular weight is 652 g/mol. The third-order valence-corrected chi connectivity index (χ3v) is 10.7. The molecule has 3 aromatic heterocycles. The Morgan fingerprint density at radius 1 is 1.02 bits per heavy atom. The van der Waals surface area contributed by atoms with Gasteiger partial charge in [0.15, 0.2) is 6.29 Å². The molecule has 1 aliphatic heterocycles. The first-order valence-electron chi connectivity index (χ1n) is 15.9. The average Bonchev–Trinajstić information content (AvgIpc) is 3.88. The molecule has 1 atom stereocenters. The van der Waals surface area contributed by atoms with Crippen molar-refractivity contribution < 1.29 is 28.6 Å². The number of hydrogen-bond acceptors (Lipinski definition) is 10. The fourth-order valence-corrected chi connectivity index (χ4v) is 8.04. The number of nitrogens with zero attached hydrogens (tertiary/aromatic N) is 3. The molecule has 4 heterocycles. The smallest absolute Gasteiger partial charge is 0.347 e. The standard InChI is InChI=1S/C34H41N3O6S2/c1-37(26-15-17-27(18-16-26)42-34(33(38)39,28-7-5-21-44-28)29-8-6-22-45-29)19-4-9-30-35-32(36-43-30)25-13-11-24(12-14-25)23-41-31-10-2-3-20-40-31/h5-8,11-14,21-22,26-27,31H,2-4,9-10,15-20,23H2,1H3,(H,38,39)/t26-,27-,31?. The minimum absolute atomic E-state index is 0.0986. The van der Waals surface area contributed by atoms with Gasteiger partial charge in [0.1, 0.15) is 0 Å². The Morgan fingerprint density at radius 2 is 1.76 bits per heavy atom. The van der Waals surface area contributed by atoms with Crippen LogP contribution in [0.25, 0.3) is 11.4 Å². The third kappa shape index (κ3) is 7.73. The summed E-state index contributed by atoms with van der Waals surface area (Å²) in [4.78, 5) is 21.2. The molecule has 1 saturated heterocycles. The van der Waals surface area contributed by atoms with E-state index in [0.717, 1.165) is 75.6 Å². The summed E-state index contributed by atoms with van der Waals surface area (Å²) in [7, 11) is 2.16. The van der Waals surface area contributed by atoms with Crippen LogP contribution in [0.4, 0.5) is 0 Å². The molecule has 1 aliphatic carbocycles. The summed E-state index contributed by atoms with van der Waals surface area (Å²) < 4.78 is 23.6. The second-order valence-corrected chi connectivity index (χ2v) is 13.8. The Labute approximate surface area is 272 Å². The zero-order valence-electron chi connectivity index (χ0n) is 25.6. The quantitative estimate of drug-likeness (QED) is 0.152. The Bertz CT molecular complexity index is 1430. The van der Waals surface area contributed by atoms with E-state index in [9.17, 15) is 9.90 Å². The summed E-state index contributed by atoms with van der Waals surface area (Å²) in [6.07, 6.45) is 8.21. The Balaban J connectivity index is 0.951. The summed E-state index contributed by atoms with van der Waals surface area (Å²) in [6, 6.07) is 16.0. The SMILES string of the molecule is CN(CCCc1nc(-c2ccc(COC3CCCCO3)cc2)no1)[C@H]1CC[C@H](OC(C(=O)O)(c2cccs2)c2cccs2)CC1. The molecule has 1 aromatic carbocycles. The van der Waals surface area contributed by atoms with E-state index >= 15 is 0 Å². The van der Waals surface area contributed by atoms with E-state index in [1.54, 1.807) is 0 Å². The van der Waals surface area contributed by atoms with Crippen molar-refractivity contribution in [3.8, 4) is 11.4 Å². The lowest BCUT2D eigenvalue weighted by molar-refractivity contribution is -0.170. The van der Waals surface area contributed by atoms with Crippen molar-refractivity contribution in [2.24, 2.45) is 0 Å². The highest BCUT2D eigenvalue weighted by molar-refractivity contribution is 7.12. The summed E-state index contributed by atoms with van der Waals surface area (Å²) in [6.45, 7) is 2.22. The van der Waals surface area contributed by atoms with E-state index in [0.29, 0.717) is 40.5 Å². The molecular weight excluding hydrogens is 611 g/mol. The number of rotatable bonds is 14. The molecular formula is C34H41N3O6S2. The number of carboxylic acids is 1. The number of carboxylic acid groups (broad SMARTS) is 1. The number of aryl methyl sites for hydroxylation is 1. The van der Waals surface area contributed by atoms with Crippen molar-refractivity contribution in [2.45, 2.75) is 88.4 Å². The number of aromatic nitrogens is 2. The Morgan fingerprint density at radius 3 is 2.38 bits per heavy atom. The van der Waals surface area contributed by atoms with E-state index < -0.39 is 11.6 Å². The van der Waals surface area contributed by atoms with Crippen LogP contribution in [0, 0.1) is 0 Å². The largest absolute Gasteiger partial charge is 0.479 e. The van der Waals surface area contributed by atoms with Gasteiger partial charge in [0.05, 0.1) is 22.5 Å². The van der Waals surface area contributed by atoms with Gasteiger partial charge < -0.3 is 28.7 Å². The minimum atomic E-state index is -1.45. The van der Waals surface area contributed by atoms with Gasteiger partial charge in [-0.1, -0.05) is 41.6 Å². The van der Waals surface area contributed by atoms with Gasteiger partial charge in [-0.2, -0.15) is 4.98 Å². The predicted octanol–water partition coefficient (Wildman–Crippen LogP) is 7.12. The van der Waals surface area contributed by atoms with Crippen molar-refractivity contribution in [2.75, 3.05) is 20.2 Å². The third-order valence-electron chi connectivity index (χ3n) is 8.80. The van der Waals surface area contributed by atoms with Gasteiger partial charge in [0.2, 0.25) is 17.3 Å². The van der Waals surface area contributed by atoms with Crippen molar-refractivity contribution >= 4 is 28.6 Å². The van der Waals surface area contributed by atoms with E-state index in [4.69, 9.17) is 18.7 Å². The maximum absolute atomic E-state index is 12.7. The van der Waals surface area contributed by atoms with Gasteiger partial charge in [-0.3, -0.25) is 0 Å². The van der Waals surface area contributed by atoms with E-state index in [1.165, 1.54) is 22.7 Å². The van der Waals surface area contributed by atoms with Crippen LogP contribution in [0.3, 0.4) is 0 Å². The number of carbonyl (C=O) groups is 1. The van der Waals surface area contributed by atoms with Gasteiger partial charge in [0.25, 0.3) is 0 Å². The lowest BCUT2D eigenvalue weighted by Crippen LogP contribution is -2.44. The van der Waals surface area contributed by atoms with Crippen LogP contribution >= 0.6 is 22.7 Å². The molecule has 1 saturated carbocycles. The summed E-state index contributed by atoms with van der Waals surface area (Å²) in [5, 5.41) is 18.4. The molecule has 2 fully saturated rings. The zero-order chi connectivity index (χ0) is 31.1. The molecule has 1 N–H and O–H groups in total. The minimum Gasteiger partial charge on any atom is -0.479 e. The van der Waals surface area contributed by atoms with Crippen LogP contribution in [0.1, 0.15) is 72.6 Å². The number of aliphatic carboxylic acids is 1. The molecule has 4 aromatic rings. The maximum atomic E-state index is 12.7. The highest BCUT2D eigenvalue weighted by Crippen LogP contribution is 2.42. The Kier molecular flexibility index (Phi) is 10.8. The van der Waals surface area contributed by atoms with Crippen LogP contribution in [0.5, 0.6) is 0 Å². The van der Waals surface area contributed by atoms with Gasteiger partial charge in [-0.15, -0.1) is 22.7 Å². The second kappa shape index (κ2) is 15.1. The Hall–Kier alpha value is -2.93. The molecule has 6 rings (SSSR count). The zero-order valence-corrected chi connectivity index (χ0v) is 27.3. The second-order valence-electron chi connectivity index (χ2n) is 11.9. The van der Waals surface area contributed by atoms with Gasteiger partial charge in [-0.05, 0) is 93.4 Å². The molecule has 1 unspecified atom stereocenters. The number of hydrogen-bond donors (Lipinski definition) is 1. The van der Waals surface area contributed by atoms with Crippen LogP contribution in [-0.4, -0.2) is 64.8 Å². The van der Waals surface area contributed by atoms with Crippen LogP contribution < -0.4 is 0 Å². The fourth-order valence-electron chi connectivity index (χ4n) is 6.23. The maximum Gasteiger partial charge on any atom is 0.347 e. The highest BCUT2D eigenvalue weighted by atomic mass is 32.1.